The molecule has 3 aromatic rings. The van der Waals surface area contributed by atoms with Crippen molar-refractivity contribution in [1.29, 1.82) is 0 Å². The molecule has 0 saturated carbocycles. The van der Waals surface area contributed by atoms with E-state index in [9.17, 15) is 18.3 Å². The van der Waals surface area contributed by atoms with Crippen LogP contribution in [0.1, 0.15) is 28.4 Å². The van der Waals surface area contributed by atoms with Crippen LogP contribution in [0.25, 0.3) is 0 Å². The minimum absolute atomic E-state index is 0.0326. The third kappa shape index (κ3) is 5.42. The monoisotopic (exact) mass is 441 g/mol. The SMILES string of the molecule is CCN(Oc1ccc(OCc2ccccc2)cc1)S(=O)(=O)c1ccc(C)c(C(=O)O)c1. The molecule has 3 rings (SSSR count). The molecule has 0 spiro atoms. The first-order chi connectivity index (χ1) is 14.8. The number of hydrogen-bond acceptors (Lipinski definition) is 5. The van der Waals surface area contributed by atoms with Gasteiger partial charge in [0, 0.05) is 6.54 Å². The third-order valence-electron chi connectivity index (χ3n) is 4.54. The first kappa shape index (κ1) is 22.3. The molecule has 0 amide bonds. The zero-order valence-electron chi connectivity index (χ0n) is 17.2. The zero-order valence-corrected chi connectivity index (χ0v) is 18.0. The van der Waals surface area contributed by atoms with Gasteiger partial charge in [0.25, 0.3) is 10.0 Å². The van der Waals surface area contributed by atoms with Crippen LogP contribution in [0.5, 0.6) is 11.5 Å². The fourth-order valence-corrected chi connectivity index (χ4v) is 4.11. The number of benzene rings is 3. The zero-order chi connectivity index (χ0) is 22.4. The number of nitrogens with zero attached hydrogens (tertiary/aromatic N) is 1. The number of aryl methyl sites for hydroxylation is 1. The fraction of sp³-hybridized carbons (Fsp3) is 0.174. The number of hydrogen-bond donors (Lipinski definition) is 1. The van der Waals surface area contributed by atoms with E-state index in [4.69, 9.17) is 9.57 Å². The van der Waals surface area contributed by atoms with Gasteiger partial charge in [0.2, 0.25) is 0 Å². The summed E-state index contributed by atoms with van der Waals surface area (Å²) in [5, 5.41) is 9.28. The number of rotatable bonds is 9. The standard InChI is InChI=1S/C23H23NO6S/c1-3-24(31(27,28)21-14-9-17(2)22(15-21)23(25)26)30-20-12-10-19(11-13-20)29-16-18-7-5-4-6-8-18/h4-15H,3,16H2,1-2H3,(H,25,26). The van der Waals surface area contributed by atoms with Crippen LogP contribution in [0, 0.1) is 6.92 Å². The smallest absolute Gasteiger partial charge is 0.335 e. The lowest BCUT2D eigenvalue weighted by atomic mass is 10.1. The van der Waals surface area contributed by atoms with Crippen LogP contribution in [-0.2, 0) is 16.6 Å². The normalized spacial score (nSPS) is 11.3. The van der Waals surface area contributed by atoms with Gasteiger partial charge in [-0.3, -0.25) is 0 Å². The average Bonchev–Trinajstić information content (AvgIpc) is 2.77. The average molecular weight is 442 g/mol. The molecule has 7 nitrogen and oxygen atoms in total. The Hall–Kier alpha value is -3.36. The number of ether oxygens (including phenoxy) is 1. The highest BCUT2D eigenvalue weighted by molar-refractivity contribution is 7.89. The van der Waals surface area contributed by atoms with Crippen molar-refractivity contribution in [2.75, 3.05) is 6.54 Å². The molecule has 0 saturated heterocycles. The summed E-state index contributed by atoms with van der Waals surface area (Å²) in [5.74, 6) is -0.264. The van der Waals surface area contributed by atoms with Crippen molar-refractivity contribution < 1.29 is 27.9 Å². The Balaban J connectivity index is 1.73. The lowest BCUT2D eigenvalue weighted by Gasteiger charge is -2.21. The number of sulfonamides is 1. The van der Waals surface area contributed by atoms with E-state index in [1.54, 1.807) is 38.1 Å². The predicted octanol–water partition coefficient (Wildman–Crippen LogP) is 4.28. The van der Waals surface area contributed by atoms with Crippen LogP contribution in [-0.4, -0.2) is 30.5 Å². The van der Waals surface area contributed by atoms with E-state index in [-0.39, 0.29) is 17.0 Å². The maximum Gasteiger partial charge on any atom is 0.335 e. The lowest BCUT2D eigenvalue weighted by Crippen LogP contribution is -2.34. The summed E-state index contributed by atoms with van der Waals surface area (Å²) in [6.07, 6.45) is 0. The summed E-state index contributed by atoms with van der Waals surface area (Å²) in [5.41, 5.74) is 1.43. The summed E-state index contributed by atoms with van der Waals surface area (Å²) in [4.78, 5) is 16.8. The Morgan fingerprint density at radius 3 is 2.23 bits per heavy atom. The molecule has 31 heavy (non-hydrogen) atoms. The number of carbonyl (C=O) groups is 1. The Morgan fingerprint density at radius 1 is 0.968 bits per heavy atom. The van der Waals surface area contributed by atoms with Crippen molar-refractivity contribution >= 4 is 16.0 Å². The number of hydroxylamine groups is 1. The first-order valence-electron chi connectivity index (χ1n) is 9.62. The van der Waals surface area contributed by atoms with Crippen LogP contribution < -0.4 is 9.57 Å². The largest absolute Gasteiger partial charge is 0.489 e. The summed E-state index contributed by atoms with van der Waals surface area (Å²) in [6, 6.07) is 20.3. The van der Waals surface area contributed by atoms with Gasteiger partial charge in [-0.2, -0.15) is 0 Å². The van der Waals surface area contributed by atoms with Crippen molar-refractivity contribution in [2.24, 2.45) is 0 Å². The van der Waals surface area contributed by atoms with E-state index in [1.165, 1.54) is 12.1 Å². The Labute approximate surface area is 181 Å². The second kappa shape index (κ2) is 9.63. The third-order valence-corrected chi connectivity index (χ3v) is 6.26. The molecular formula is C23H23NO6S. The van der Waals surface area contributed by atoms with Crippen molar-refractivity contribution in [3.8, 4) is 11.5 Å². The van der Waals surface area contributed by atoms with E-state index >= 15 is 0 Å². The minimum Gasteiger partial charge on any atom is -0.489 e. The van der Waals surface area contributed by atoms with Gasteiger partial charge in [0.05, 0.1) is 10.5 Å². The van der Waals surface area contributed by atoms with Crippen molar-refractivity contribution in [1.82, 2.24) is 4.47 Å². The highest BCUT2D eigenvalue weighted by Crippen LogP contribution is 2.24. The molecule has 0 unspecified atom stereocenters. The van der Waals surface area contributed by atoms with E-state index in [0.717, 1.165) is 16.1 Å². The molecule has 0 aromatic heterocycles. The Bertz CT molecular complexity index is 1140. The second-order valence-corrected chi connectivity index (χ2v) is 8.57. The van der Waals surface area contributed by atoms with Crippen LogP contribution in [0.15, 0.2) is 77.7 Å². The highest BCUT2D eigenvalue weighted by atomic mass is 32.2. The number of aromatic carboxylic acids is 1. The molecule has 3 aromatic carbocycles. The quantitative estimate of drug-likeness (QED) is 0.498. The van der Waals surface area contributed by atoms with Gasteiger partial charge in [-0.05, 0) is 65.8 Å². The molecule has 0 fully saturated rings. The van der Waals surface area contributed by atoms with Gasteiger partial charge in [0.1, 0.15) is 18.1 Å². The molecule has 0 aliphatic heterocycles. The minimum atomic E-state index is -4.06. The van der Waals surface area contributed by atoms with Gasteiger partial charge >= 0.3 is 5.97 Å². The highest BCUT2D eigenvalue weighted by Gasteiger charge is 2.27. The van der Waals surface area contributed by atoms with E-state index in [2.05, 4.69) is 0 Å². The molecule has 0 aliphatic carbocycles. The molecular weight excluding hydrogens is 418 g/mol. The van der Waals surface area contributed by atoms with E-state index in [0.29, 0.717) is 23.7 Å². The summed E-state index contributed by atoms with van der Waals surface area (Å²) < 4.78 is 32.5. The van der Waals surface area contributed by atoms with Crippen LogP contribution in [0.2, 0.25) is 0 Å². The van der Waals surface area contributed by atoms with Gasteiger partial charge in [-0.15, -0.1) is 0 Å². The maximum atomic E-state index is 13.0. The summed E-state index contributed by atoms with van der Waals surface area (Å²) in [7, 11) is -4.06. The number of carboxylic acid groups (broad SMARTS) is 1. The summed E-state index contributed by atoms with van der Waals surface area (Å²) >= 11 is 0. The molecule has 0 bridgehead atoms. The van der Waals surface area contributed by atoms with Crippen LogP contribution in [0.4, 0.5) is 0 Å². The van der Waals surface area contributed by atoms with Gasteiger partial charge < -0.3 is 14.7 Å². The van der Waals surface area contributed by atoms with Crippen LogP contribution in [0.3, 0.4) is 0 Å². The molecule has 8 heteroatoms. The van der Waals surface area contributed by atoms with E-state index < -0.39 is 16.0 Å². The van der Waals surface area contributed by atoms with Gasteiger partial charge in [0.15, 0.2) is 0 Å². The van der Waals surface area contributed by atoms with E-state index in [1.807, 2.05) is 30.3 Å². The van der Waals surface area contributed by atoms with Gasteiger partial charge in [-0.1, -0.05) is 36.4 Å². The fourth-order valence-electron chi connectivity index (χ4n) is 2.85. The number of carboxylic acids is 1. The molecule has 0 heterocycles. The summed E-state index contributed by atoms with van der Waals surface area (Å²) in [6.45, 7) is 3.68. The molecule has 0 atom stereocenters. The van der Waals surface area contributed by atoms with Crippen LogP contribution >= 0.6 is 0 Å². The predicted molar refractivity (Wildman–Crippen MR) is 116 cm³/mol. The molecule has 0 radical (unpaired) electrons. The van der Waals surface area contributed by atoms with Crippen molar-refractivity contribution in [3.05, 3.63) is 89.5 Å². The maximum absolute atomic E-state index is 13.0. The Kier molecular flexibility index (Phi) is 6.94. The van der Waals surface area contributed by atoms with Crippen molar-refractivity contribution in [3.63, 3.8) is 0 Å². The molecule has 1 N–H and O–H groups in total. The topological polar surface area (TPSA) is 93.1 Å². The molecule has 0 aliphatic rings. The van der Waals surface area contributed by atoms with Gasteiger partial charge in [-0.25, -0.2) is 13.2 Å². The first-order valence-corrected chi connectivity index (χ1v) is 11.1. The lowest BCUT2D eigenvalue weighted by molar-refractivity contribution is 0.0414. The second-order valence-electron chi connectivity index (χ2n) is 6.74. The Morgan fingerprint density at radius 2 is 1.61 bits per heavy atom. The van der Waals surface area contributed by atoms with Crippen molar-refractivity contribution in [2.45, 2.75) is 25.3 Å². The molecule has 162 valence electrons.